The van der Waals surface area contributed by atoms with Crippen LogP contribution in [-0.4, -0.2) is 46.6 Å². The van der Waals surface area contributed by atoms with Gasteiger partial charge in [-0.15, -0.1) is 0 Å². The highest BCUT2D eigenvalue weighted by Crippen LogP contribution is 2.37. The summed E-state index contributed by atoms with van der Waals surface area (Å²) < 4.78 is 5.38. The number of allylic oxidation sites excluding steroid dienone is 2. The van der Waals surface area contributed by atoms with Crippen LogP contribution in [0.4, 0.5) is 0 Å². The lowest BCUT2D eigenvalue weighted by molar-refractivity contribution is 0.156. The minimum absolute atomic E-state index is 0.158. The summed E-state index contributed by atoms with van der Waals surface area (Å²) in [6.07, 6.45) is 15.5. The van der Waals surface area contributed by atoms with Crippen LogP contribution in [0.25, 0.3) is 22.5 Å². The molecule has 1 aliphatic heterocycles. The molecule has 1 fully saturated rings. The van der Waals surface area contributed by atoms with Crippen LogP contribution in [0.1, 0.15) is 43.4 Å². The number of rotatable bonds is 6. The van der Waals surface area contributed by atoms with E-state index < -0.39 is 0 Å². The zero-order valence-corrected chi connectivity index (χ0v) is 20.9. The van der Waals surface area contributed by atoms with E-state index in [4.69, 9.17) is 14.7 Å². The summed E-state index contributed by atoms with van der Waals surface area (Å²) in [5.74, 6) is 2.17. The molecule has 5 nitrogen and oxygen atoms in total. The summed E-state index contributed by atoms with van der Waals surface area (Å²) in [5, 5.41) is 0. The maximum atomic E-state index is 5.38. The summed E-state index contributed by atoms with van der Waals surface area (Å²) in [7, 11) is 1.74. The monoisotopic (exact) mass is 466 g/mol. The van der Waals surface area contributed by atoms with Crippen LogP contribution < -0.4 is 0 Å². The maximum absolute atomic E-state index is 5.38. The van der Waals surface area contributed by atoms with Gasteiger partial charge in [0, 0.05) is 47.6 Å². The van der Waals surface area contributed by atoms with Crippen molar-refractivity contribution < 1.29 is 4.74 Å². The molecule has 0 radical (unpaired) electrons. The van der Waals surface area contributed by atoms with Gasteiger partial charge >= 0.3 is 0 Å². The van der Waals surface area contributed by atoms with Crippen molar-refractivity contribution in [1.82, 2.24) is 19.9 Å². The molecule has 0 amide bonds. The van der Waals surface area contributed by atoms with E-state index >= 15 is 0 Å². The van der Waals surface area contributed by atoms with Crippen molar-refractivity contribution in [2.24, 2.45) is 5.41 Å². The van der Waals surface area contributed by atoms with Crippen LogP contribution in [0.15, 0.2) is 79.0 Å². The topological polar surface area (TPSA) is 51.1 Å². The number of nitrogens with zero attached hydrogens (tertiary/aromatic N) is 4. The molecular formula is C30H34N4O. The Labute approximate surface area is 208 Å². The van der Waals surface area contributed by atoms with Gasteiger partial charge in [-0.3, -0.25) is 4.98 Å². The second-order valence-corrected chi connectivity index (χ2v) is 10.2. The second-order valence-electron chi connectivity index (χ2n) is 10.2. The standard InChI is InChI=1S/C30H34N4O/c1-22-5-4-6-25(19-22)27-20-32-29(24-9-15-31-16-10-24)33-28(27)23-11-17-34(18-12-23)21-30(2)13-7-26(35-3)8-14-30/h4-10,13,15-16,19-20,23H,11-12,14,17-18,21H2,1-3H3. The predicted octanol–water partition coefficient (Wildman–Crippen LogP) is 6.19. The van der Waals surface area contributed by atoms with Crippen LogP contribution in [0, 0.1) is 12.3 Å². The van der Waals surface area contributed by atoms with E-state index in [1.165, 1.54) is 16.8 Å². The summed E-state index contributed by atoms with van der Waals surface area (Å²) in [4.78, 5) is 16.7. The molecule has 3 aromatic rings. The fourth-order valence-electron chi connectivity index (χ4n) is 5.28. The molecule has 35 heavy (non-hydrogen) atoms. The van der Waals surface area contributed by atoms with Crippen molar-refractivity contribution >= 4 is 0 Å². The minimum Gasteiger partial charge on any atom is -0.497 e. The average molecular weight is 467 g/mol. The molecule has 1 saturated heterocycles. The Balaban J connectivity index is 1.37. The van der Waals surface area contributed by atoms with E-state index in [1.54, 1.807) is 19.5 Å². The molecule has 2 aliphatic rings. The lowest BCUT2D eigenvalue weighted by Gasteiger charge is -2.38. The summed E-state index contributed by atoms with van der Waals surface area (Å²) in [6, 6.07) is 12.6. The summed E-state index contributed by atoms with van der Waals surface area (Å²) in [5.41, 5.74) is 5.95. The highest BCUT2D eigenvalue weighted by Gasteiger charge is 2.30. The molecule has 5 heteroatoms. The molecule has 1 aliphatic carbocycles. The average Bonchev–Trinajstić information content (AvgIpc) is 2.90. The van der Waals surface area contributed by atoms with Gasteiger partial charge in [-0.1, -0.05) is 42.8 Å². The van der Waals surface area contributed by atoms with E-state index in [2.05, 4.69) is 66.2 Å². The summed E-state index contributed by atoms with van der Waals surface area (Å²) >= 11 is 0. The Hall–Kier alpha value is -3.31. The molecule has 0 spiro atoms. The Morgan fingerprint density at radius 3 is 2.57 bits per heavy atom. The van der Waals surface area contributed by atoms with Crippen LogP contribution in [0.5, 0.6) is 0 Å². The Kier molecular flexibility index (Phi) is 6.78. The number of piperidine rings is 1. The molecule has 1 aromatic carbocycles. The Morgan fingerprint density at radius 1 is 1.09 bits per heavy atom. The summed E-state index contributed by atoms with van der Waals surface area (Å²) in [6.45, 7) is 7.72. The predicted molar refractivity (Wildman–Crippen MR) is 141 cm³/mol. The van der Waals surface area contributed by atoms with Crippen molar-refractivity contribution in [3.05, 3.63) is 90.2 Å². The number of aromatic nitrogens is 3. The number of methoxy groups -OCH3 is 1. The fraction of sp³-hybridized carbons (Fsp3) is 0.367. The highest BCUT2D eigenvalue weighted by atomic mass is 16.5. The molecule has 1 unspecified atom stereocenters. The molecular weight excluding hydrogens is 432 g/mol. The van der Waals surface area contributed by atoms with Gasteiger partial charge in [-0.2, -0.15) is 0 Å². The van der Waals surface area contributed by atoms with Crippen LogP contribution >= 0.6 is 0 Å². The first-order valence-electron chi connectivity index (χ1n) is 12.5. The van der Waals surface area contributed by atoms with Crippen molar-refractivity contribution in [3.63, 3.8) is 0 Å². The van der Waals surface area contributed by atoms with E-state index in [0.29, 0.717) is 5.92 Å². The van der Waals surface area contributed by atoms with Crippen molar-refractivity contribution in [3.8, 4) is 22.5 Å². The largest absolute Gasteiger partial charge is 0.497 e. The zero-order chi connectivity index (χ0) is 24.3. The third-order valence-corrected chi connectivity index (χ3v) is 7.30. The van der Waals surface area contributed by atoms with Gasteiger partial charge in [0.1, 0.15) is 5.76 Å². The number of likely N-dealkylation sites (tertiary alicyclic amines) is 1. The van der Waals surface area contributed by atoms with Gasteiger partial charge in [0.15, 0.2) is 5.82 Å². The van der Waals surface area contributed by atoms with Gasteiger partial charge < -0.3 is 9.64 Å². The first-order valence-corrected chi connectivity index (χ1v) is 12.5. The lowest BCUT2D eigenvalue weighted by Crippen LogP contribution is -2.40. The third-order valence-electron chi connectivity index (χ3n) is 7.30. The number of ether oxygens (including phenoxy) is 1. The molecule has 5 rings (SSSR count). The SMILES string of the molecule is COC1=CCC(C)(CN2CCC(c3nc(-c4ccncc4)ncc3-c3cccc(C)c3)CC2)C=C1. The van der Waals surface area contributed by atoms with E-state index in [1.807, 2.05) is 18.3 Å². The first-order chi connectivity index (χ1) is 17.0. The van der Waals surface area contributed by atoms with E-state index in [0.717, 1.165) is 61.6 Å². The van der Waals surface area contributed by atoms with Crippen molar-refractivity contribution in [1.29, 1.82) is 0 Å². The molecule has 180 valence electrons. The van der Waals surface area contributed by atoms with Crippen LogP contribution in [-0.2, 0) is 4.74 Å². The van der Waals surface area contributed by atoms with Gasteiger partial charge in [-0.25, -0.2) is 9.97 Å². The molecule has 0 N–H and O–H groups in total. The lowest BCUT2D eigenvalue weighted by atomic mass is 9.81. The van der Waals surface area contributed by atoms with E-state index in [-0.39, 0.29) is 5.41 Å². The minimum atomic E-state index is 0.158. The molecule has 1 atom stereocenters. The zero-order valence-electron chi connectivity index (χ0n) is 20.9. The number of hydrogen-bond acceptors (Lipinski definition) is 5. The normalized spacial score (nSPS) is 21.1. The Bertz CT molecular complexity index is 1230. The first kappa shape index (κ1) is 23.4. The van der Waals surface area contributed by atoms with Gasteiger partial charge in [-0.05, 0) is 69.1 Å². The number of pyridine rings is 1. The maximum Gasteiger partial charge on any atom is 0.159 e. The molecule has 2 aromatic heterocycles. The number of aryl methyl sites for hydroxylation is 1. The number of hydrogen-bond donors (Lipinski definition) is 0. The smallest absolute Gasteiger partial charge is 0.159 e. The van der Waals surface area contributed by atoms with E-state index in [9.17, 15) is 0 Å². The van der Waals surface area contributed by atoms with Crippen molar-refractivity contribution in [2.75, 3.05) is 26.7 Å². The number of benzene rings is 1. The van der Waals surface area contributed by atoms with Gasteiger partial charge in [0.25, 0.3) is 0 Å². The highest BCUT2D eigenvalue weighted by molar-refractivity contribution is 5.68. The quantitative estimate of drug-likeness (QED) is 0.434. The van der Waals surface area contributed by atoms with Crippen LogP contribution in [0.3, 0.4) is 0 Å². The third kappa shape index (κ3) is 5.35. The molecule has 0 saturated carbocycles. The molecule has 0 bridgehead atoms. The molecule has 3 heterocycles. The van der Waals surface area contributed by atoms with Crippen molar-refractivity contribution in [2.45, 2.75) is 39.0 Å². The van der Waals surface area contributed by atoms with Crippen LogP contribution in [0.2, 0.25) is 0 Å². The fourth-order valence-corrected chi connectivity index (χ4v) is 5.28. The van der Waals surface area contributed by atoms with Gasteiger partial charge in [0.2, 0.25) is 0 Å². The second kappa shape index (κ2) is 10.1. The van der Waals surface area contributed by atoms with Gasteiger partial charge in [0.05, 0.1) is 12.8 Å². The Morgan fingerprint density at radius 2 is 1.89 bits per heavy atom.